The zero-order valence-corrected chi connectivity index (χ0v) is 8.61. The number of benzene rings is 1. The number of rotatable bonds is 3. The van der Waals surface area contributed by atoms with E-state index in [4.69, 9.17) is 0 Å². The maximum absolute atomic E-state index is 9.57. The molecule has 2 heteroatoms. The zero-order valence-electron chi connectivity index (χ0n) is 8.61. The monoisotopic (exact) mass is 193 g/mol. The normalized spacial score (nSPS) is 18.3. The molecule has 1 fully saturated rings. The van der Waals surface area contributed by atoms with Crippen molar-refractivity contribution in [3.63, 3.8) is 0 Å². The van der Waals surface area contributed by atoms with Gasteiger partial charge in [-0.1, -0.05) is 43.7 Å². The highest BCUT2D eigenvalue weighted by molar-refractivity contribution is 5.14. The second-order valence-corrected chi connectivity index (χ2v) is 3.36. The first-order chi connectivity index (χ1) is 6.86. The fraction of sp³-hybridized carbons (Fsp3) is 0.500. The van der Waals surface area contributed by atoms with Gasteiger partial charge in [-0.25, -0.2) is 5.11 Å². The molecule has 1 atom stereocenters. The van der Waals surface area contributed by atoms with Crippen molar-refractivity contribution in [2.24, 2.45) is 0 Å². The van der Waals surface area contributed by atoms with E-state index in [1.165, 1.54) is 18.4 Å². The van der Waals surface area contributed by atoms with Crippen molar-refractivity contribution < 1.29 is 9.84 Å². The van der Waals surface area contributed by atoms with Crippen LogP contribution in [0.25, 0.3) is 0 Å². The maximum Gasteiger partial charge on any atom is 0.111 e. The molecule has 1 radical (unpaired) electrons. The van der Waals surface area contributed by atoms with Crippen molar-refractivity contribution in [1.29, 1.82) is 0 Å². The largest absolute Gasteiger partial charge is 0.370 e. The summed E-state index contributed by atoms with van der Waals surface area (Å²) >= 11 is 0. The Morgan fingerprint density at radius 1 is 1.36 bits per heavy atom. The minimum Gasteiger partial charge on any atom is -0.370 e. The van der Waals surface area contributed by atoms with E-state index in [1.807, 2.05) is 0 Å². The molecule has 1 unspecified atom stereocenters. The predicted octanol–water partition coefficient (Wildman–Crippen LogP) is 2.45. The van der Waals surface area contributed by atoms with Crippen LogP contribution in [0.5, 0.6) is 0 Å². The summed E-state index contributed by atoms with van der Waals surface area (Å²) in [7, 11) is 0. The van der Waals surface area contributed by atoms with Gasteiger partial charge in [0, 0.05) is 0 Å². The summed E-state index contributed by atoms with van der Waals surface area (Å²) in [5, 5.41) is 9.57. The lowest BCUT2D eigenvalue weighted by molar-refractivity contribution is 0.164. The standard InChI is InChI=1S/C9H12.C3H5O2/c1-2-6-9-7-4-3-5-8-9;4-1-3-2-5-3/h3-5,7-8H,2,6H2,1H3;3H,1-2H2. The van der Waals surface area contributed by atoms with Crippen LogP contribution in [0.1, 0.15) is 18.9 Å². The number of epoxide rings is 1. The van der Waals surface area contributed by atoms with Gasteiger partial charge in [0.1, 0.15) is 12.7 Å². The predicted molar refractivity (Wildman–Crippen MR) is 55.7 cm³/mol. The number of aryl methyl sites for hydroxylation is 1. The molecule has 1 aliphatic heterocycles. The highest BCUT2D eigenvalue weighted by Crippen LogP contribution is 2.05. The first kappa shape index (κ1) is 11.2. The number of hydrogen-bond acceptors (Lipinski definition) is 1. The van der Waals surface area contributed by atoms with E-state index >= 15 is 0 Å². The summed E-state index contributed by atoms with van der Waals surface area (Å²) in [6.07, 6.45) is 2.53. The molecule has 0 amide bonds. The van der Waals surface area contributed by atoms with Crippen molar-refractivity contribution in [3.05, 3.63) is 35.9 Å². The van der Waals surface area contributed by atoms with Gasteiger partial charge in [0.05, 0.1) is 6.61 Å². The molecule has 1 heterocycles. The van der Waals surface area contributed by atoms with E-state index < -0.39 is 0 Å². The zero-order chi connectivity index (χ0) is 10.2. The Bertz CT molecular complexity index is 229. The molecule has 0 saturated carbocycles. The van der Waals surface area contributed by atoms with Crippen LogP contribution in [0.4, 0.5) is 0 Å². The van der Waals surface area contributed by atoms with Crippen LogP contribution >= 0.6 is 0 Å². The Labute approximate surface area is 85.5 Å². The van der Waals surface area contributed by atoms with Gasteiger partial charge in [0.15, 0.2) is 0 Å². The summed E-state index contributed by atoms with van der Waals surface area (Å²) in [6.45, 7) is 2.84. The van der Waals surface area contributed by atoms with Crippen LogP contribution in [0, 0.1) is 0 Å². The van der Waals surface area contributed by atoms with Crippen LogP contribution in [0.3, 0.4) is 0 Å². The third-order valence-corrected chi connectivity index (χ3v) is 1.97. The van der Waals surface area contributed by atoms with Gasteiger partial charge in [-0.05, 0) is 12.0 Å². The molecule has 1 aromatic rings. The van der Waals surface area contributed by atoms with Gasteiger partial charge >= 0.3 is 0 Å². The molecule has 0 aliphatic carbocycles. The fourth-order valence-corrected chi connectivity index (χ4v) is 1.10. The molecule has 1 saturated heterocycles. The lowest BCUT2D eigenvalue weighted by atomic mass is 10.1. The van der Waals surface area contributed by atoms with Gasteiger partial charge in [0.2, 0.25) is 0 Å². The lowest BCUT2D eigenvalue weighted by Gasteiger charge is -1.93. The fourth-order valence-electron chi connectivity index (χ4n) is 1.10. The highest BCUT2D eigenvalue weighted by Gasteiger charge is 2.20. The van der Waals surface area contributed by atoms with E-state index in [2.05, 4.69) is 42.0 Å². The Hall–Kier alpha value is -0.860. The third-order valence-electron chi connectivity index (χ3n) is 1.97. The molecule has 0 spiro atoms. The van der Waals surface area contributed by atoms with Crippen molar-refractivity contribution in [2.45, 2.75) is 25.9 Å². The van der Waals surface area contributed by atoms with E-state index in [9.17, 15) is 5.11 Å². The molecule has 2 nitrogen and oxygen atoms in total. The molecule has 2 rings (SSSR count). The highest BCUT2D eigenvalue weighted by atomic mass is 16.6. The molecule has 77 valence electrons. The van der Waals surface area contributed by atoms with Crippen LogP contribution in [-0.2, 0) is 16.3 Å². The number of hydrogen-bond donors (Lipinski definition) is 0. The van der Waals surface area contributed by atoms with Crippen LogP contribution in [-0.4, -0.2) is 19.3 Å². The minimum absolute atomic E-state index is 0.0556. The summed E-state index contributed by atoms with van der Waals surface area (Å²) in [6, 6.07) is 10.6. The first-order valence-corrected chi connectivity index (χ1v) is 5.10. The Kier molecular flexibility index (Phi) is 5.27. The topological polar surface area (TPSA) is 32.4 Å². The van der Waals surface area contributed by atoms with Gasteiger partial charge in [-0.2, -0.15) is 0 Å². The van der Waals surface area contributed by atoms with Crippen LogP contribution in [0.15, 0.2) is 30.3 Å². The average molecular weight is 193 g/mol. The Morgan fingerprint density at radius 3 is 2.36 bits per heavy atom. The smallest absolute Gasteiger partial charge is 0.111 e. The van der Waals surface area contributed by atoms with E-state index in [0.29, 0.717) is 6.61 Å². The summed E-state index contributed by atoms with van der Waals surface area (Å²) in [5.74, 6) is 0. The summed E-state index contributed by atoms with van der Waals surface area (Å²) in [4.78, 5) is 0. The molecule has 0 N–H and O–H groups in total. The maximum atomic E-state index is 9.57. The van der Waals surface area contributed by atoms with Crippen molar-refractivity contribution in [2.75, 3.05) is 13.2 Å². The SMILES string of the molecule is CCCc1ccccc1.[O]CC1CO1. The second kappa shape index (κ2) is 6.57. The van der Waals surface area contributed by atoms with Gasteiger partial charge in [-0.3, -0.25) is 0 Å². The molecular weight excluding hydrogens is 176 g/mol. The minimum atomic E-state index is -0.0556. The molecule has 1 aromatic carbocycles. The van der Waals surface area contributed by atoms with Crippen molar-refractivity contribution >= 4 is 0 Å². The van der Waals surface area contributed by atoms with Crippen molar-refractivity contribution in [1.82, 2.24) is 0 Å². The van der Waals surface area contributed by atoms with E-state index in [0.717, 1.165) is 0 Å². The Morgan fingerprint density at radius 2 is 2.00 bits per heavy atom. The van der Waals surface area contributed by atoms with E-state index in [1.54, 1.807) is 0 Å². The first-order valence-electron chi connectivity index (χ1n) is 5.10. The lowest BCUT2D eigenvalue weighted by Crippen LogP contribution is -1.86. The summed E-state index contributed by atoms with van der Waals surface area (Å²) in [5.41, 5.74) is 1.44. The van der Waals surface area contributed by atoms with E-state index in [-0.39, 0.29) is 12.7 Å². The Balaban J connectivity index is 0.000000165. The van der Waals surface area contributed by atoms with Gasteiger partial charge < -0.3 is 4.74 Å². The molecular formula is C12H17O2. The molecule has 14 heavy (non-hydrogen) atoms. The second-order valence-electron chi connectivity index (χ2n) is 3.36. The van der Waals surface area contributed by atoms with Gasteiger partial charge in [-0.15, -0.1) is 0 Å². The molecule has 1 aliphatic rings. The molecule has 0 aromatic heterocycles. The summed E-state index contributed by atoms with van der Waals surface area (Å²) < 4.78 is 4.55. The van der Waals surface area contributed by atoms with Gasteiger partial charge in [0.25, 0.3) is 0 Å². The van der Waals surface area contributed by atoms with Crippen molar-refractivity contribution in [3.8, 4) is 0 Å². The molecule has 0 bridgehead atoms. The number of ether oxygens (including phenoxy) is 1. The van der Waals surface area contributed by atoms with Crippen LogP contribution in [0.2, 0.25) is 0 Å². The third kappa shape index (κ3) is 5.00. The quantitative estimate of drug-likeness (QED) is 0.679. The average Bonchev–Trinajstić information content (AvgIpc) is 3.04. The van der Waals surface area contributed by atoms with Crippen LogP contribution < -0.4 is 0 Å².